The normalized spacial score (nSPS) is 17.7. The van der Waals surface area contributed by atoms with Crippen LogP contribution in [0.1, 0.15) is 12.0 Å². The predicted molar refractivity (Wildman–Crippen MR) is 114 cm³/mol. The highest BCUT2D eigenvalue weighted by Gasteiger charge is 2.34. The molecule has 1 fully saturated rings. The summed E-state index contributed by atoms with van der Waals surface area (Å²) in [5.74, 6) is 0.123. The highest BCUT2D eigenvalue weighted by atomic mass is 32.2. The van der Waals surface area contributed by atoms with E-state index < -0.39 is 9.84 Å². The summed E-state index contributed by atoms with van der Waals surface area (Å²) in [6.07, 6.45) is 0.466. The van der Waals surface area contributed by atoms with Crippen LogP contribution in [0.15, 0.2) is 65.8 Å². The van der Waals surface area contributed by atoms with Crippen molar-refractivity contribution in [3.63, 3.8) is 0 Å². The molecule has 8 nitrogen and oxygen atoms in total. The number of hydrogen-bond acceptors (Lipinski definition) is 7. The van der Waals surface area contributed by atoms with E-state index >= 15 is 0 Å². The summed E-state index contributed by atoms with van der Waals surface area (Å²) < 4.78 is 25.6. The highest BCUT2D eigenvalue weighted by molar-refractivity contribution is 7.99. The van der Waals surface area contributed by atoms with Gasteiger partial charge >= 0.3 is 0 Å². The number of hydrogen-bond donors (Lipinski definition) is 0. The number of amides is 1. The molecule has 0 aliphatic carbocycles. The topological polar surface area (TPSA) is 98.1 Å². The molecule has 10 heteroatoms. The number of aromatic nitrogens is 4. The Hall–Kier alpha value is -2.72. The van der Waals surface area contributed by atoms with E-state index in [1.54, 1.807) is 9.58 Å². The van der Waals surface area contributed by atoms with Crippen molar-refractivity contribution < 1.29 is 13.2 Å². The second-order valence-electron chi connectivity index (χ2n) is 7.06. The van der Waals surface area contributed by atoms with E-state index in [0.29, 0.717) is 18.1 Å². The number of tetrazole rings is 1. The van der Waals surface area contributed by atoms with Crippen molar-refractivity contribution in [3.05, 3.63) is 66.2 Å². The van der Waals surface area contributed by atoms with Gasteiger partial charge in [0, 0.05) is 12.6 Å². The number of thioether (sulfide) groups is 1. The van der Waals surface area contributed by atoms with Crippen LogP contribution in [-0.2, 0) is 21.2 Å². The van der Waals surface area contributed by atoms with Crippen molar-refractivity contribution in [2.45, 2.75) is 24.2 Å². The van der Waals surface area contributed by atoms with Crippen LogP contribution in [0.2, 0.25) is 0 Å². The monoisotopic (exact) mass is 443 g/mol. The number of sulfone groups is 1. The maximum atomic E-state index is 13.1. The summed E-state index contributed by atoms with van der Waals surface area (Å²) in [5.41, 5.74) is 1.77. The Morgan fingerprint density at radius 3 is 2.47 bits per heavy atom. The van der Waals surface area contributed by atoms with E-state index in [9.17, 15) is 13.2 Å². The molecule has 0 radical (unpaired) electrons. The third-order valence-electron chi connectivity index (χ3n) is 4.93. The molecule has 3 aromatic rings. The molecule has 0 unspecified atom stereocenters. The first kappa shape index (κ1) is 20.5. The molecule has 1 aliphatic rings. The van der Waals surface area contributed by atoms with Crippen LogP contribution in [0.4, 0.5) is 0 Å². The van der Waals surface area contributed by atoms with Crippen LogP contribution in [0.25, 0.3) is 5.69 Å². The summed E-state index contributed by atoms with van der Waals surface area (Å²) in [4.78, 5) is 14.8. The molecule has 2 heterocycles. The van der Waals surface area contributed by atoms with Crippen LogP contribution in [0.3, 0.4) is 0 Å². The molecule has 1 amide bonds. The van der Waals surface area contributed by atoms with E-state index in [2.05, 4.69) is 15.5 Å². The largest absolute Gasteiger partial charge is 0.334 e. The Morgan fingerprint density at radius 1 is 1.10 bits per heavy atom. The van der Waals surface area contributed by atoms with Crippen molar-refractivity contribution in [2.75, 3.05) is 17.3 Å². The van der Waals surface area contributed by atoms with Gasteiger partial charge in [-0.1, -0.05) is 60.3 Å². The maximum Gasteiger partial charge on any atom is 0.233 e. The van der Waals surface area contributed by atoms with Gasteiger partial charge in [-0.15, -0.1) is 5.10 Å². The van der Waals surface area contributed by atoms with Crippen molar-refractivity contribution in [2.24, 2.45) is 0 Å². The standard InChI is InChI=1S/C20H21N5O3S2/c26-19(14-29-20-21-22-23-25(20)17-9-5-2-6-10-17)24(13-16-7-3-1-4-8-16)18-11-12-30(27,28)15-18/h1-10,18H,11-15H2/t18-/m1/s1. The third kappa shape index (κ3) is 4.88. The molecule has 1 aromatic heterocycles. The van der Waals surface area contributed by atoms with Gasteiger partial charge in [-0.05, 0) is 34.5 Å². The number of carbonyl (C=O) groups is 1. The Labute approximate surface area is 179 Å². The Kier molecular flexibility index (Phi) is 6.14. The number of carbonyl (C=O) groups excluding carboxylic acids is 1. The molecule has 4 rings (SSSR count). The summed E-state index contributed by atoms with van der Waals surface area (Å²) in [5, 5.41) is 12.3. The number of rotatable bonds is 7. The zero-order valence-corrected chi connectivity index (χ0v) is 17.8. The van der Waals surface area contributed by atoms with Crippen LogP contribution >= 0.6 is 11.8 Å². The van der Waals surface area contributed by atoms with Gasteiger partial charge in [0.25, 0.3) is 0 Å². The van der Waals surface area contributed by atoms with Gasteiger partial charge in [0.05, 0.1) is 22.9 Å². The summed E-state index contributed by atoms with van der Waals surface area (Å²) in [6.45, 7) is 0.379. The van der Waals surface area contributed by atoms with Crippen molar-refractivity contribution in [1.29, 1.82) is 0 Å². The van der Waals surface area contributed by atoms with Crippen molar-refractivity contribution >= 4 is 27.5 Å². The van der Waals surface area contributed by atoms with Gasteiger partial charge in [-0.2, -0.15) is 4.68 Å². The first-order valence-corrected chi connectivity index (χ1v) is 12.3. The molecule has 0 spiro atoms. The lowest BCUT2D eigenvalue weighted by atomic mass is 10.1. The number of para-hydroxylation sites is 1. The second-order valence-corrected chi connectivity index (χ2v) is 10.2. The number of benzene rings is 2. The van der Waals surface area contributed by atoms with Gasteiger partial charge in [0.2, 0.25) is 11.1 Å². The summed E-state index contributed by atoms with van der Waals surface area (Å²) in [7, 11) is -3.10. The summed E-state index contributed by atoms with van der Waals surface area (Å²) in [6, 6.07) is 18.7. The van der Waals surface area contributed by atoms with Gasteiger partial charge in [-0.3, -0.25) is 4.79 Å². The van der Waals surface area contributed by atoms with E-state index in [-0.39, 0.29) is 29.2 Å². The van der Waals surface area contributed by atoms with Crippen molar-refractivity contribution in [3.8, 4) is 5.69 Å². The molecule has 1 saturated heterocycles. The lowest BCUT2D eigenvalue weighted by Crippen LogP contribution is -2.41. The van der Waals surface area contributed by atoms with Gasteiger partial charge in [0.15, 0.2) is 9.84 Å². The molecule has 0 bridgehead atoms. The number of nitrogens with zero attached hydrogens (tertiary/aromatic N) is 5. The molecule has 2 aromatic carbocycles. The fourth-order valence-electron chi connectivity index (χ4n) is 3.43. The van der Waals surface area contributed by atoms with Crippen LogP contribution in [-0.4, -0.2) is 62.7 Å². The van der Waals surface area contributed by atoms with E-state index in [0.717, 1.165) is 11.3 Å². The first-order valence-electron chi connectivity index (χ1n) is 9.52. The fraction of sp³-hybridized carbons (Fsp3) is 0.300. The maximum absolute atomic E-state index is 13.1. The third-order valence-corrected chi connectivity index (χ3v) is 7.59. The molecule has 156 valence electrons. The predicted octanol–water partition coefficient (Wildman–Crippen LogP) is 1.97. The quantitative estimate of drug-likeness (QED) is 0.515. The molecule has 0 N–H and O–H groups in total. The zero-order chi connectivity index (χ0) is 21.0. The minimum absolute atomic E-state index is 0.0119. The highest BCUT2D eigenvalue weighted by Crippen LogP contribution is 2.23. The Balaban J connectivity index is 1.49. The molecule has 0 saturated carbocycles. The van der Waals surface area contributed by atoms with Crippen LogP contribution in [0, 0.1) is 0 Å². The molecule has 1 atom stereocenters. The average Bonchev–Trinajstić information content (AvgIpc) is 3.37. The Bertz CT molecular complexity index is 1100. The van der Waals surface area contributed by atoms with E-state index in [1.807, 2.05) is 60.7 Å². The molecule has 30 heavy (non-hydrogen) atoms. The minimum Gasteiger partial charge on any atom is -0.334 e. The summed E-state index contributed by atoms with van der Waals surface area (Å²) >= 11 is 1.24. The van der Waals surface area contributed by atoms with Gasteiger partial charge in [-0.25, -0.2) is 8.42 Å². The average molecular weight is 444 g/mol. The van der Waals surface area contributed by atoms with Crippen molar-refractivity contribution in [1.82, 2.24) is 25.1 Å². The van der Waals surface area contributed by atoms with Crippen LogP contribution < -0.4 is 0 Å². The molecule has 1 aliphatic heterocycles. The van der Waals surface area contributed by atoms with E-state index in [4.69, 9.17) is 0 Å². The zero-order valence-electron chi connectivity index (χ0n) is 16.2. The van der Waals surface area contributed by atoms with Gasteiger partial charge in [0.1, 0.15) is 0 Å². The molecular weight excluding hydrogens is 422 g/mol. The smallest absolute Gasteiger partial charge is 0.233 e. The fourth-order valence-corrected chi connectivity index (χ4v) is 5.94. The lowest BCUT2D eigenvalue weighted by molar-refractivity contribution is -0.130. The lowest BCUT2D eigenvalue weighted by Gasteiger charge is -2.28. The minimum atomic E-state index is -3.10. The second kappa shape index (κ2) is 8.97. The first-order chi connectivity index (χ1) is 14.5. The van der Waals surface area contributed by atoms with Crippen LogP contribution in [0.5, 0.6) is 0 Å². The van der Waals surface area contributed by atoms with Gasteiger partial charge < -0.3 is 4.90 Å². The Morgan fingerprint density at radius 2 is 1.80 bits per heavy atom. The van der Waals surface area contributed by atoms with E-state index in [1.165, 1.54) is 11.8 Å². The SMILES string of the molecule is O=C(CSc1nnnn1-c1ccccc1)N(Cc1ccccc1)[C@@H]1CCS(=O)(=O)C1. The molecular formula is C20H21N5O3S2.